The van der Waals surface area contributed by atoms with E-state index >= 15 is 0 Å². The number of aromatic nitrogens is 2. The number of nitrogens with one attached hydrogen (secondary N) is 2. The minimum atomic E-state index is -0.156. The fourth-order valence-corrected chi connectivity index (χ4v) is 1.71. The van der Waals surface area contributed by atoms with Crippen molar-refractivity contribution in [2.24, 2.45) is 0 Å². The number of hydrogen-bond donors (Lipinski definition) is 2. The van der Waals surface area contributed by atoms with Crippen molar-refractivity contribution in [3.8, 4) is 17.0 Å². The fourth-order valence-electron chi connectivity index (χ4n) is 1.71. The molecule has 0 unspecified atom stereocenters. The van der Waals surface area contributed by atoms with Crippen LogP contribution in [0.1, 0.15) is 24.3 Å². The van der Waals surface area contributed by atoms with Gasteiger partial charge in [0.2, 0.25) is 0 Å². The Morgan fingerprint density at radius 2 is 2.16 bits per heavy atom. The third-order valence-electron chi connectivity index (χ3n) is 2.61. The van der Waals surface area contributed by atoms with E-state index in [4.69, 9.17) is 4.74 Å². The first-order valence-electron chi connectivity index (χ1n) is 6.11. The molecular weight excluding hydrogens is 242 g/mol. The molecule has 0 aliphatic heterocycles. The Balaban J connectivity index is 2.22. The number of carbonyl (C=O) groups is 1. The van der Waals surface area contributed by atoms with Crippen molar-refractivity contribution in [2.75, 3.05) is 7.11 Å². The minimum absolute atomic E-state index is 0.0936. The molecule has 0 fully saturated rings. The van der Waals surface area contributed by atoms with Crippen LogP contribution in [0.25, 0.3) is 11.3 Å². The summed E-state index contributed by atoms with van der Waals surface area (Å²) in [6, 6.07) is 9.37. The Morgan fingerprint density at radius 3 is 2.84 bits per heavy atom. The smallest absolute Gasteiger partial charge is 0.269 e. The van der Waals surface area contributed by atoms with Gasteiger partial charge in [-0.05, 0) is 32.0 Å². The maximum absolute atomic E-state index is 11.8. The Hall–Kier alpha value is -2.30. The third-order valence-corrected chi connectivity index (χ3v) is 2.61. The number of benzene rings is 1. The van der Waals surface area contributed by atoms with Gasteiger partial charge >= 0.3 is 0 Å². The number of H-pyrrole nitrogens is 1. The maximum atomic E-state index is 11.8. The fraction of sp³-hybridized carbons (Fsp3) is 0.286. The largest absolute Gasteiger partial charge is 0.497 e. The van der Waals surface area contributed by atoms with Gasteiger partial charge in [0.15, 0.2) is 0 Å². The summed E-state index contributed by atoms with van der Waals surface area (Å²) in [4.78, 5) is 11.8. The number of carbonyl (C=O) groups excluding carboxylic acids is 1. The zero-order valence-corrected chi connectivity index (χ0v) is 11.2. The molecule has 0 bridgehead atoms. The lowest BCUT2D eigenvalue weighted by Gasteiger charge is -2.05. The van der Waals surface area contributed by atoms with E-state index in [1.54, 1.807) is 13.2 Å². The molecule has 5 heteroatoms. The van der Waals surface area contributed by atoms with Crippen molar-refractivity contribution in [3.63, 3.8) is 0 Å². The molecule has 0 radical (unpaired) electrons. The van der Waals surface area contributed by atoms with Crippen molar-refractivity contribution >= 4 is 5.91 Å². The molecule has 0 saturated heterocycles. The molecule has 2 aromatic rings. The molecule has 0 saturated carbocycles. The van der Waals surface area contributed by atoms with Gasteiger partial charge in [0.05, 0.1) is 12.8 Å². The Morgan fingerprint density at radius 1 is 1.37 bits per heavy atom. The van der Waals surface area contributed by atoms with E-state index in [1.165, 1.54) is 0 Å². The lowest BCUT2D eigenvalue weighted by Crippen LogP contribution is -2.30. The second-order valence-electron chi connectivity index (χ2n) is 4.53. The van der Waals surface area contributed by atoms with Crippen LogP contribution in [-0.4, -0.2) is 29.3 Å². The summed E-state index contributed by atoms with van der Waals surface area (Å²) in [6.07, 6.45) is 0. The van der Waals surface area contributed by atoms with Gasteiger partial charge in [-0.15, -0.1) is 0 Å². The monoisotopic (exact) mass is 259 g/mol. The number of ether oxygens (including phenoxy) is 1. The van der Waals surface area contributed by atoms with Gasteiger partial charge in [0.25, 0.3) is 5.91 Å². The summed E-state index contributed by atoms with van der Waals surface area (Å²) in [5, 5.41) is 9.70. The van der Waals surface area contributed by atoms with E-state index < -0.39 is 0 Å². The normalized spacial score (nSPS) is 10.5. The quantitative estimate of drug-likeness (QED) is 0.884. The standard InChI is InChI=1S/C14H17N3O2/c1-9(2)15-14(18)13-8-12(16-17-13)10-5-4-6-11(7-10)19-3/h4-9H,1-3H3,(H,15,18)(H,16,17). The van der Waals surface area contributed by atoms with Gasteiger partial charge in [0.1, 0.15) is 11.4 Å². The molecule has 0 aliphatic carbocycles. The second-order valence-corrected chi connectivity index (χ2v) is 4.53. The molecule has 19 heavy (non-hydrogen) atoms. The molecule has 0 aliphatic rings. The molecule has 2 rings (SSSR count). The van der Waals surface area contributed by atoms with Crippen molar-refractivity contribution < 1.29 is 9.53 Å². The van der Waals surface area contributed by atoms with Crippen LogP contribution >= 0.6 is 0 Å². The lowest BCUT2D eigenvalue weighted by atomic mass is 10.1. The van der Waals surface area contributed by atoms with Crippen LogP contribution < -0.4 is 10.1 Å². The first-order valence-corrected chi connectivity index (χ1v) is 6.11. The van der Waals surface area contributed by atoms with Crippen molar-refractivity contribution in [2.45, 2.75) is 19.9 Å². The zero-order valence-electron chi connectivity index (χ0n) is 11.2. The summed E-state index contributed by atoms with van der Waals surface area (Å²) in [5.74, 6) is 0.602. The van der Waals surface area contributed by atoms with Gasteiger partial charge in [-0.1, -0.05) is 12.1 Å². The summed E-state index contributed by atoms with van der Waals surface area (Å²) >= 11 is 0. The first-order chi connectivity index (χ1) is 9.10. The van der Waals surface area contributed by atoms with Crippen LogP contribution in [-0.2, 0) is 0 Å². The van der Waals surface area contributed by atoms with E-state index in [0.29, 0.717) is 11.4 Å². The number of nitrogens with zero attached hydrogens (tertiary/aromatic N) is 1. The van der Waals surface area contributed by atoms with Crippen LogP contribution in [0.5, 0.6) is 5.75 Å². The summed E-state index contributed by atoms with van der Waals surface area (Å²) in [6.45, 7) is 3.83. The molecule has 100 valence electrons. The highest BCUT2D eigenvalue weighted by Gasteiger charge is 2.11. The molecule has 1 aromatic carbocycles. The Labute approximate surface area is 112 Å². The van der Waals surface area contributed by atoms with Crippen molar-refractivity contribution in [1.82, 2.24) is 15.5 Å². The highest BCUT2D eigenvalue weighted by atomic mass is 16.5. The maximum Gasteiger partial charge on any atom is 0.269 e. The molecule has 0 atom stereocenters. The molecule has 2 N–H and O–H groups in total. The zero-order chi connectivity index (χ0) is 13.8. The first kappa shape index (κ1) is 13.1. The van der Waals surface area contributed by atoms with Gasteiger partial charge in [0, 0.05) is 11.6 Å². The van der Waals surface area contributed by atoms with Crippen molar-refractivity contribution in [1.29, 1.82) is 0 Å². The third kappa shape index (κ3) is 3.13. The van der Waals surface area contributed by atoms with Crippen LogP contribution in [0.3, 0.4) is 0 Å². The van der Waals surface area contributed by atoms with Crippen LogP contribution in [0.15, 0.2) is 30.3 Å². The highest BCUT2D eigenvalue weighted by Crippen LogP contribution is 2.22. The van der Waals surface area contributed by atoms with E-state index in [0.717, 1.165) is 11.3 Å². The molecule has 0 spiro atoms. The molecular formula is C14H17N3O2. The lowest BCUT2D eigenvalue weighted by molar-refractivity contribution is 0.0938. The number of aromatic amines is 1. The minimum Gasteiger partial charge on any atom is -0.497 e. The molecule has 1 heterocycles. The van der Waals surface area contributed by atoms with Crippen LogP contribution in [0, 0.1) is 0 Å². The van der Waals surface area contributed by atoms with Gasteiger partial charge in [-0.25, -0.2) is 0 Å². The summed E-state index contributed by atoms with van der Waals surface area (Å²) in [5.41, 5.74) is 2.07. The van der Waals surface area contributed by atoms with Gasteiger partial charge < -0.3 is 10.1 Å². The molecule has 5 nitrogen and oxygen atoms in total. The van der Waals surface area contributed by atoms with Gasteiger partial charge in [-0.3, -0.25) is 9.89 Å². The second kappa shape index (κ2) is 5.56. The number of methoxy groups -OCH3 is 1. The van der Waals surface area contributed by atoms with E-state index in [2.05, 4.69) is 15.5 Å². The predicted molar refractivity (Wildman–Crippen MR) is 73.2 cm³/mol. The van der Waals surface area contributed by atoms with Gasteiger partial charge in [-0.2, -0.15) is 5.10 Å². The highest BCUT2D eigenvalue weighted by molar-refractivity contribution is 5.93. The molecule has 1 aromatic heterocycles. The number of amides is 1. The van der Waals surface area contributed by atoms with E-state index in [9.17, 15) is 4.79 Å². The Bertz CT molecular complexity index is 576. The van der Waals surface area contributed by atoms with Crippen LogP contribution in [0.4, 0.5) is 0 Å². The summed E-state index contributed by atoms with van der Waals surface area (Å²) < 4.78 is 5.17. The topological polar surface area (TPSA) is 67.0 Å². The average molecular weight is 259 g/mol. The van der Waals surface area contributed by atoms with E-state index in [1.807, 2.05) is 38.1 Å². The number of hydrogen-bond acceptors (Lipinski definition) is 3. The Kier molecular flexibility index (Phi) is 3.85. The number of rotatable bonds is 4. The summed E-state index contributed by atoms with van der Waals surface area (Å²) in [7, 11) is 1.62. The van der Waals surface area contributed by atoms with Crippen molar-refractivity contribution in [3.05, 3.63) is 36.0 Å². The SMILES string of the molecule is COc1cccc(-c2cc(C(=O)NC(C)C)[nH]n2)c1. The molecule has 1 amide bonds. The predicted octanol–water partition coefficient (Wildman–Crippen LogP) is 2.22. The van der Waals surface area contributed by atoms with E-state index in [-0.39, 0.29) is 11.9 Å². The van der Waals surface area contributed by atoms with Crippen LogP contribution in [0.2, 0.25) is 0 Å². The average Bonchev–Trinajstić information content (AvgIpc) is 2.88.